The number of rotatable bonds is 4. The molecule has 4 nitrogen and oxygen atoms in total. The lowest BCUT2D eigenvalue weighted by Crippen LogP contribution is -2.33. The molecule has 1 amide bonds. The number of halogens is 1. The summed E-state index contributed by atoms with van der Waals surface area (Å²) in [4.78, 5) is 19.2. The summed E-state index contributed by atoms with van der Waals surface area (Å²) in [5.41, 5.74) is 4.30. The summed E-state index contributed by atoms with van der Waals surface area (Å²) < 4.78 is 0. The van der Waals surface area contributed by atoms with Crippen LogP contribution in [-0.2, 0) is 19.6 Å². The molecule has 2 heterocycles. The number of hydrogen-bond donors (Lipinski definition) is 1. The van der Waals surface area contributed by atoms with E-state index in [9.17, 15) is 4.79 Å². The zero-order chi connectivity index (χ0) is 14.9. The third-order valence-electron chi connectivity index (χ3n) is 4.39. The van der Waals surface area contributed by atoms with E-state index in [0.717, 1.165) is 37.2 Å². The lowest BCUT2D eigenvalue weighted by atomic mass is 10.1. The predicted molar refractivity (Wildman–Crippen MR) is 91.4 cm³/mol. The van der Waals surface area contributed by atoms with Gasteiger partial charge in [-0.3, -0.25) is 9.78 Å². The Balaban J connectivity index is 0.00000156. The van der Waals surface area contributed by atoms with Crippen molar-refractivity contribution in [1.29, 1.82) is 0 Å². The fourth-order valence-corrected chi connectivity index (χ4v) is 3.01. The van der Waals surface area contributed by atoms with Crippen LogP contribution >= 0.6 is 12.4 Å². The van der Waals surface area contributed by atoms with Crippen molar-refractivity contribution in [3.8, 4) is 0 Å². The molecule has 1 fully saturated rings. The Kier molecular flexibility index (Phi) is 4.64. The van der Waals surface area contributed by atoms with Gasteiger partial charge in [0.2, 0.25) is 0 Å². The van der Waals surface area contributed by atoms with E-state index in [1.165, 1.54) is 11.1 Å². The van der Waals surface area contributed by atoms with Crippen LogP contribution in [0.25, 0.3) is 0 Å². The minimum atomic E-state index is 0. The zero-order valence-corrected chi connectivity index (χ0v) is 13.7. The molecule has 0 saturated heterocycles. The van der Waals surface area contributed by atoms with Gasteiger partial charge in [0, 0.05) is 30.9 Å². The Hall–Kier alpha value is -1.91. The van der Waals surface area contributed by atoms with Gasteiger partial charge in [-0.2, -0.15) is 0 Å². The Morgan fingerprint density at radius 2 is 2.00 bits per heavy atom. The van der Waals surface area contributed by atoms with Gasteiger partial charge in [-0.15, -0.1) is 12.4 Å². The SMILES string of the molecule is Cl.O=C(c1ccc2c(c1)CNC2)N(Cc1ccccn1)C1CC1. The second-order valence-corrected chi connectivity index (χ2v) is 6.07. The van der Waals surface area contributed by atoms with Crippen molar-refractivity contribution in [1.82, 2.24) is 15.2 Å². The second-order valence-electron chi connectivity index (χ2n) is 6.07. The molecule has 1 saturated carbocycles. The zero-order valence-electron chi connectivity index (χ0n) is 12.9. The number of nitrogens with zero attached hydrogens (tertiary/aromatic N) is 2. The Bertz CT molecular complexity index is 701. The van der Waals surface area contributed by atoms with Gasteiger partial charge in [0.25, 0.3) is 5.91 Å². The number of fused-ring (bicyclic) bond motifs is 1. The molecule has 4 rings (SSSR count). The molecule has 0 atom stereocenters. The first kappa shape index (κ1) is 16.0. The molecule has 1 N–H and O–H groups in total. The number of aromatic nitrogens is 1. The Morgan fingerprint density at radius 1 is 1.17 bits per heavy atom. The van der Waals surface area contributed by atoms with Crippen molar-refractivity contribution in [3.63, 3.8) is 0 Å². The highest BCUT2D eigenvalue weighted by molar-refractivity contribution is 5.95. The van der Waals surface area contributed by atoms with Crippen molar-refractivity contribution in [2.24, 2.45) is 0 Å². The molecular formula is C18H20ClN3O. The van der Waals surface area contributed by atoms with Gasteiger partial charge in [-0.1, -0.05) is 12.1 Å². The number of carbonyl (C=O) groups is 1. The fourth-order valence-electron chi connectivity index (χ4n) is 3.01. The minimum Gasteiger partial charge on any atom is -0.330 e. The molecule has 1 aromatic heterocycles. The van der Waals surface area contributed by atoms with Crippen LogP contribution in [0, 0.1) is 0 Å². The molecule has 1 aliphatic carbocycles. The van der Waals surface area contributed by atoms with Gasteiger partial charge >= 0.3 is 0 Å². The fraction of sp³-hybridized carbons (Fsp3) is 0.333. The average Bonchev–Trinajstić information content (AvgIpc) is 3.29. The normalized spacial score (nSPS) is 15.7. The summed E-state index contributed by atoms with van der Waals surface area (Å²) in [7, 11) is 0. The molecule has 0 bridgehead atoms. The van der Waals surface area contributed by atoms with Crippen LogP contribution in [0.3, 0.4) is 0 Å². The van der Waals surface area contributed by atoms with E-state index in [0.29, 0.717) is 12.6 Å². The molecule has 2 aromatic rings. The summed E-state index contributed by atoms with van der Waals surface area (Å²) in [6, 6.07) is 12.3. The highest BCUT2D eigenvalue weighted by Gasteiger charge is 2.33. The quantitative estimate of drug-likeness (QED) is 0.938. The molecule has 23 heavy (non-hydrogen) atoms. The van der Waals surface area contributed by atoms with E-state index in [4.69, 9.17) is 0 Å². The standard InChI is InChI=1S/C18H19N3O.ClH/c22-18(13-4-5-14-10-19-11-15(14)9-13)21(17-6-7-17)12-16-3-1-2-8-20-16;/h1-5,8-9,17,19H,6-7,10-12H2;1H. The van der Waals surface area contributed by atoms with Gasteiger partial charge in [0.15, 0.2) is 0 Å². The van der Waals surface area contributed by atoms with E-state index in [-0.39, 0.29) is 18.3 Å². The van der Waals surface area contributed by atoms with E-state index < -0.39 is 0 Å². The van der Waals surface area contributed by atoms with Gasteiger partial charge in [-0.25, -0.2) is 0 Å². The van der Waals surface area contributed by atoms with Crippen LogP contribution in [0.4, 0.5) is 0 Å². The number of pyridine rings is 1. The highest BCUT2D eigenvalue weighted by atomic mass is 35.5. The maximum absolute atomic E-state index is 12.9. The van der Waals surface area contributed by atoms with E-state index in [1.807, 2.05) is 35.2 Å². The lowest BCUT2D eigenvalue weighted by Gasteiger charge is -2.22. The summed E-state index contributed by atoms with van der Waals surface area (Å²) in [5, 5.41) is 3.32. The first-order chi connectivity index (χ1) is 10.8. The van der Waals surface area contributed by atoms with Crippen molar-refractivity contribution in [2.45, 2.75) is 38.5 Å². The van der Waals surface area contributed by atoms with Crippen molar-refractivity contribution in [2.75, 3.05) is 0 Å². The van der Waals surface area contributed by atoms with Crippen LogP contribution in [0.15, 0.2) is 42.6 Å². The lowest BCUT2D eigenvalue weighted by molar-refractivity contribution is 0.0727. The van der Waals surface area contributed by atoms with E-state index in [1.54, 1.807) is 6.20 Å². The first-order valence-corrected chi connectivity index (χ1v) is 7.84. The molecule has 1 aromatic carbocycles. The number of benzene rings is 1. The number of nitrogens with one attached hydrogen (secondary N) is 1. The van der Waals surface area contributed by atoms with Crippen molar-refractivity contribution >= 4 is 18.3 Å². The molecule has 2 aliphatic rings. The molecule has 0 unspecified atom stereocenters. The van der Waals surface area contributed by atoms with Crippen molar-refractivity contribution in [3.05, 3.63) is 65.0 Å². The van der Waals surface area contributed by atoms with Crippen LogP contribution in [0.5, 0.6) is 0 Å². The second kappa shape index (κ2) is 6.69. The summed E-state index contributed by atoms with van der Waals surface area (Å²) in [6.45, 7) is 2.36. The molecule has 5 heteroatoms. The molecule has 0 radical (unpaired) electrons. The smallest absolute Gasteiger partial charge is 0.254 e. The summed E-state index contributed by atoms with van der Waals surface area (Å²) in [5.74, 6) is 0.128. The molecule has 0 spiro atoms. The van der Waals surface area contributed by atoms with E-state index >= 15 is 0 Å². The topological polar surface area (TPSA) is 45.2 Å². The van der Waals surface area contributed by atoms with Crippen LogP contribution < -0.4 is 5.32 Å². The molecule has 1 aliphatic heterocycles. The van der Waals surface area contributed by atoms with Gasteiger partial charge in [0.1, 0.15) is 0 Å². The van der Waals surface area contributed by atoms with Crippen LogP contribution in [0.1, 0.15) is 40.0 Å². The number of amides is 1. The van der Waals surface area contributed by atoms with Gasteiger partial charge < -0.3 is 10.2 Å². The third-order valence-corrected chi connectivity index (χ3v) is 4.39. The average molecular weight is 330 g/mol. The van der Waals surface area contributed by atoms with Crippen LogP contribution in [0.2, 0.25) is 0 Å². The minimum absolute atomic E-state index is 0. The number of hydrogen-bond acceptors (Lipinski definition) is 3. The summed E-state index contributed by atoms with van der Waals surface area (Å²) in [6.07, 6.45) is 3.99. The van der Waals surface area contributed by atoms with Crippen molar-refractivity contribution < 1.29 is 4.79 Å². The van der Waals surface area contributed by atoms with E-state index in [2.05, 4.69) is 16.4 Å². The van der Waals surface area contributed by atoms with Gasteiger partial charge in [0.05, 0.1) is 12.2 Å². The Morgan fingerprint density at radius 3 is 2.74 bits per heavy atom. The maximum Gasteiger partial charge on any atom is 0.254 e. The predicted octanol–water partition coefficient (Wildman–Crippen LogP) is 2.91. The van der Waals surface area contributed by atoms with Gasteiger partial charge in [-0.05, 0) is 48.2 Å². The number of carbonyl (C=O) groups excluding carboxylic acids is 1. The van der Waals surface area contributed by atoms with Crippen LogP contribution in [-0.4, -0.2) is 21.8 Å². The highest BCUT2D eigenvalue weighted by Crippen LogP contribution is 2.30. The maximum atomic E-state index is 12.9. The first-order valence-electron chi connectivity index (χ1n) is 7.84. The largest absolute Gasteiger partial charge is 0.330 e. The monoisotopic (exact) mass is 329 g/mol. The third kappa shape index (κ3) is 3.38. The Labute approximate surface area is 142 Å². The summed E-state index contributed by atoms with van der Waals surface area (Å²) >= 11 is 0. The molecular weight excluding hydrogens is 310 g/mol. The molecule has 120 valence electrons.